The average molecular weight is 379 g/mol. The number of carbonyl (C=O) groups excluding carboxylic acids is 1. The quantitative estimate of drug-likeness (QED) is 0.586. The lowest BCUT2D eigenvalue weighted by Gasteiger charge is -2.30. The summed E-state index contributed by atoms with van der Waals surface area (Å²) in [5.41, 5.74) is 3.38. The highest BCUT2D eigenvalue weighted by atomic mass is 32.1. The molecule has 1 N–H and O–H groups in total. The third kappa shape index (κ3) is 3.02. The van der Waals surface area contributed by atoms with E-state index in [9.17, 15) is 4.79 Å². The SMILES string of the molecule is O=C(c1ccc2nc[nH]c2c1)N1CCC(c2nnc(-c3ccsc3)o2)CC1. The van der Waals surface area contributed by atoms with Gasteiger partial charge in [-0.1, -0.05) is 0 Å². The summed E-state index contributed by atoms with van der Waals surface area (Å²) in [4.78, 5) is 21.9. The highest BCUT2D eigenvalue weighted by molar-refractivity contribution is 7.08. The number of H-pyrrole nitrogens is 1. The zero-order valence-corrected chi connectivity index (χ0v) is 15.3. The number of thiophene rings is 1. The zero-order chi connectivity index (χ0) is 18.2. The summed E-state index contributed by atoms with van der Waals surface area (Å²) >= 11 is 1.60. The molecule has 4 heterocycles. The molecule has 8 heteroatoms. The van der Waals surface area contributed by atoms with Crippen molar-refractivity contribution in [1.29, 1.82) is 0 Å². The van der Waals surface area contributed by atoms with Crippen molar-refractivity contribution in [3.8, 4) is 11.5 Å². The minimum Gasteiger partial charge on any atom is -0.420 e. The zero-order valence-electron chi connectivity index (χ0n) is 14.5. The van der Waals surface area contributed by atoms with Crippen molar-refractivity contribution in [2.75, 3.05) is 13.1 Å². The van der Waals surface area contributed by atoms with Crippen molar-refractivity contribution >= 4 is 28.3 Å². The molecule has 3 aromatic heterocycles. The maximum absolute atomic E-state index is 12.8. The summed E-state index contributed by atoms with van der Waals surface area (Å²) < 4.78 is 5.86. The van der Waals surface area contributed by atoms with Crippen molar-refractivity contribution in [1.82, 2.24) is 25.1 Å². The molecule has 5 rings (SSSR count). The number of likely N-dealkylation sites (tertiary alicyclic amines) is 1. The molecule has 136 valence electrons. The standard InChI is InChI=1S/C19H17N5O2S/c25-19(13-1-2-15-16(9-13)21-11-20-15)24-6-3-12(4-7-24)17-22-23-18(26-17)14-5-8-27-10-14/h1-2,5,8-12H,3-4,6-7H2,(H,20,21). The molecular weight excluding hydrogens is 362 g/mol. The lowest BCUT2D eigenvalue weighted by atomic mass is 9.96. The second-order valence-electron chi connectivity index (χ2n) is 6.66. The fourth-order valence-corrected chi connectivity index (χ4v) is 4.11. The monoisotopic (exact) mass is 379 g/mol. The number of hydrogen-bond donors (Lipinski definition) is 1. The molecule has 0 radical (unpaired) electrons. The summed E-state index contributed by atoms with van der Waals surface area (Å²) in [6.45, 7) is 1.36. The van der Waals surface area contributed by atoms with Crippen molar-refractivity contribution in [3.63, 3.8) is 0 Å². The fourth-order valence-electron chi connectivity index (χ4n) is 3.48. The van der Waals surface area contributed by atoms with Gasteiger partial charge in [0.15, 0.2) is 0 Å². The van der Waals surface area contributed by atoms with Crippen molar-refractivity contribution in [2.45, 2.75) is 18.8 Å². The Morgan fingerprint density at radius 2 is 2.11 bits per heavy atom. The highest BCUT2D eigenvalue weighted by Crippen LogP contribution is 2.30. The summed E-state index contributed by atoms with van der Waals surface area (Å²) in [6.07, 6.45) is 3.28. The number of nitrogens with one attached hydrogen (secondary N) is 1. The van der Waals surface area contributed by atoms with Gasteiger partial charge in [0.2, 0.25) is 11.8 Å². The van der Waals surface area contributed by atoms with Crippen LogP contribution in [0.5, 0.6) is 0 Å². The van der Waals surface area contributed by atoms with E-state index in [-0.39, 0.29) is 11.8 Å². The van der Waals surface area contributed by atoms with Gasteiger partial charge in [0, 0.05) is 35.5 Å². The van der Waals surface area contributed by atoms with Crippen LogP contribution in [0, 0.1) is 0 Å². The molecule has 0 spiro atoms. The Morgan fingerprint density at radius 1 is 1.22 bits per heavy atom. The Balaban J connectivity index is 1.26. The van der Waals surface area contributed by atoms with E-state index >= 15 is 0 Å². The predicted molar refractivity (Wildman–Crippen MR) is 102 cm³/mol. The molecular formula is C19H17N5O2S. The van der Waals surface area contributed by atoms with E-state index in [0.29, 0.717) is 30.4 Å². The summed E-state index contributed by atoms with van der Waals surface area (Å²) in [5.74, 6) is 1.48. The summed E-state index contributed by atoms with van der Waals surface area (Å²) in [7, 11) is 0. The van der Waals surface area contributed by atoms with E-state index in [0.717, 1.165) is 29.4 Å². The van der Waals surface area contributed by atoms with Gasteiger partial charge in [0.05, 0.1) is 17.4 Å². The molecule has 1 saturated heterocycles. The second kappa shape index (κ2) is 6.62. The number of aromatic amines is 1. The third-order valence-corrected chi connectivity index (χ3v) is 5.69. The molecule has 0 atom stereocenters. The molecule has 4 aromatic rings. The van der Waals surface area contributed by atoms with Crippen LogP contribution in [0.4, 0.5) is 0 Å². The van der Waals surface area contributed by atoms with Gasteiger partial charge >= 0.3 is 0 Å². The van der Waals surface area contributed by atoms with E-state index < -0.39 is 0 Å². The number of nitrogens with zero attached hydrogens (tertiary/aromatic N) is 4. The molecule has 0 aliphatic carbocycles. The molecule has 27 heavy (non-hydrogen) atoms. The molecule has 0 unspecified atom stereocenters. The van der Waals surface area contributed by atoms with Crippen LogP contribution in [0.1, 0.15) is 35.0 Å². The van der Waals surface area contributed by atoms with Crippen LogP contribution in [-0.2, 0) is 0 Å². The van der Waals surface area contributed by atoms with E-state index in [4.69, 9.17) is 4.42 Å². The van der Waals surface area contributed by atoms with Gasteiger partial charge in [0.25, 0.3) is 5.91 Å². The Hall–Kier alpha value is -3.00. The Bertz CT molecular complexity index is 1080. The molecule has 7 nitrogen and oxygen atoms in total. The van der Waals surface area contributed by atoms with Crippen LogP contribution in [0.2, 0.25) is 0 Å². The molecule has 1 aliphatic heterocycles. The number of fused-ring (bicyclic) bond motifs is 1. The molecule has 0 saturated carbocycles. The molecule has 1 fully saturated rings. The van der Waals surface area contributed by atoms with Crippen LogP contribution >= 0.6 is 11.3 Å². The Kier molecular flexibility index (Phi) is 3.97. The predicted octanol–water partition coefficient (Wildman–Crippen LogP) is 3.69. The summed E-state index contributed by atoms with van der Waals surface area (Å²) in [5, 5.41) is 12.4. The van der Waals surface area contributed by atoms with E-state index in [1.54, 1.807) is 17.7 Å². The number of rotatable bonds is 3. The first-order valence-corrected chi connectivity index (χ1v) is 9.80. The van der Waals surface area contributed by atoms with Crippen LogP contribution in [0.3, 0.4) is 0 Å². The number of piperidine rings is 1. The molecule has 1 amide bonds. The second-order valence-corrected chi connectivity index (χ2v) is 7.44. The van der Waals surface area contributed by atoms with Gasteiger partial charge in [-0.2, -0.15) is 11.3 Å². The van der Waals surface area contributed by atoms with Crippen LogP contribution in [0.15, 0.2) is 45.8 Å². The van der Waals surface area contributed by atoms with Crippen LogP contribution in [-0.4, -0.2) is 44.1 Å². The first-order valence-electron chi connectivity index (χ1n) is 8.86. The maximum atomic E-state index is 12.8. The number of hydrogen-bond acceptors (Lipinski definition) is 6. The van der Waals surface area contributed by atoms with Gasteiger partial charge < -0.3 is 14.3 Å². The minimum atomic E-state index is 0.0504. The van der Waals surface area contributed by atoms with Crippen molar-refractivity contribution in [2.24, 2.45) is 0 Å². The largest absolute Gasteiger partial charge is 0.420 e. The van der Waals surface area contributed by atoms with E-state index in [1.165, 1.54) is 0 Å². The van der Waals surface area contributed by atoms with Gasteiger partial charge in [0.1, 0.15) is 0 Å². The maximum Gasteiger partial charge on any atom is 0.253 e. The van der Waals surface area contributed by atoms with Gasteiger partial charge in [-0.25, -0.2) is 4.98 Å². The number of imidazole rings is 1. The lowest BCUT2D eigenvalue weighted by Crippen LogP contribution is -2.38. The molecule has 0 bridgehead atoms. The minimum absolute atomic E-state index is 0.0504. The first kappa shape index (κ1) is 16.2. The van der Waals surface area contributed by atoms with Crippen molar-refractivity contribution in [3.05, 3.63) is 52.8 Å². The first-order chi connectivity index (χ1) is 13.3. The highest BCUT2D eigenvalue weighted by Gasteiger charge is 2.28. The van der Waals surface area contributed by atoms with E-state index in [1.807, 2.05) is 39.9 Å². The number of benzene rings is 1. The van der Waals surface area contributed by atoms with Gasteiger partial charge in [-0.3, -0.25) is 4.79 Å². The Morgan fingerprint density at radius 3 is 2.93 bits per heavy atom. The van der Waals surface area contributed by atoms with Gasteiger partial charge in [-0.15, -0.1) is 10.2 Å². The smallest absolute Gasteiger partial charge is 0.253 e. The topological polar surface area (TPSA) is 87.9 Å². The number of carbonyl (C=O) groups is 1. The normalized spacial score (nSPS) is 15.5. The number of amides is 1. The fraction of sp³-hybridized carbons (Fsp3) is 0.263. The Labute approximate surface area is 159 Å². The van der Waals surface area contributed by atoms with Crippen LogP contribution < -0.4 is 0 Å². The summed E-state index contributed by atoms with van der Waals surface area (Å²) in [6, 6.07) is 7.54. The van der Waals surface area contributed by atoms with Crippen LogP contribution in [0.25, 0.3) is 22.5 Å². The molecule has 1 aliphatic rings. The van der Waals surface area contributed by atoms with E-state index in [2.05, 4.69) is 20.2 Å². The van der Waals surface area contributed by atoms with Crippen molar-refractivity contribution < 1.29 is 9.21 Å². The lowest BCUT2D eigenvalue weighted by molar-refractivity contribution is 0.0706. The molecule has 1 aromatic carbocycles. The van der Waals surface area contributed by atoms with Gasteiger partial charge in [-0.05, 0) is 42.5 Å². The number of aromatic nitrogens is 4. The third-order valence-electron chi connectivity index (χ3n) is 5.01. The average Bonchev–Trinajstić information content (AvgIpc) is 3.48.